The Morgan fingerprint density at radius 1 is 1.55 bits per heavy atom. The number of hydrogen-bond donors (Lipinski definition) is 2. The van der Waals surface area contributed by atoms with E-state index < -0.39 is 0 Å². The predicted molar refractivity (Wildman–Crippen MR) is 80.3 cm³/mol. The van der Waals surface area contributed by atoms with Crippen molar-refractivity contribution in [3.63, 3.8) is 0 Å². The minimum absolute atomic E-state index is 0.111. The van der Waals surface area contributed by atoms with E-state index in [0.717, 1.165) is 38.4 Å². The van der Waals surface area contributed by atoms with E-state index in [1.165, 1.54) is 0 Å². The Hall–Kier alpha value is -1.82. The normalized spacial score (nSPS) is 19.9. The van der Waals surface area contributed by atoms with Crippen LogP contribution in [0.4, 0.5) is 5.82 Å². The molecule has 20 heavy (non-hydrogen) atoms. The van der Waals surface area contributed by atoms with Crippen LogP contribution >= 0.6 is 0 Å². The molecule has 0 aliphatic carbocycles. The fourth-order valence-electron chi connectivity index (χ4n) is 2.88. The zero-order valence-corrected chi connectivity index (χ0v) is 12.2. The highest BCUT2D eigenvalue weighted by atomic mass is 16.4. The van der Waals surface area contributed by atoms with Crippen LogP contribution in [-0.4, -0.2) is 53.1 Å². The van der Waals surface area contributed by atoms with Gasteiger partial charge in [0.25, 0.3) is 0 Å². The van der Waals surface area contributed by atoms with E-state index in [-0.39, 0.29) is 5.84 Å². The maximum Gasteiger partial charge on any atom is 0.173 e. The van der Waals surface area contributed by atoms with Crippen molar-refractivity contribution in [3.05, 3.63) is 23.9 Å². The molecular weight excluding hydrogens is 254 g/mol. The van der Waals surface area contributed by atoms with Crippen molar-refractivity contribution in [3.8, 4) is 0 Å². The largest absolute Gasteiger partial charge is 0.409 e. The van der Waals surface area contributed by atoms with Gasteiger partial charge in [0.05, 0.1) is 5.56 Å². The van der Waals surface area contributed by atoms with Crippen LogP contribution in [0, 0.1) is 0 Å². The molecule has 0 aromatic carbocycles. The molecule has 1 aromatic heterocycles. The number of hydrogen-bond acceptors (Lipinski definition) is 5. The monoisotopic (exact) mass is 277 g/mol. The van der Waals surface area contributed by atoms with Gasteiger partial charge in [0, 0.05) is 25.3 Å². The molecule has 0 amide bonds. The van der Waals surface area contributed by atoms with Crippen molar-refractivity contribution in [1.82, 2.24) is 9.88 Å². The highest BCUT2D eigenvalue weighted by molar-refractivity contribution is 6.01. The molecular formula is C14H23N5O. The van der Waals surface area contributed by atoms with Gasteiger partial charge in [-0.05, 0) is 31.6 Å². The highest BCUT2D eigenvalue weighted by Gasteiger charge is 2.28. The van der Waals surface area contributed by atoms with Gasteiger partial charge >= 0.3 is 0 Å². The van der Waals surface area contributed by atoms with Gasteiger partial charge in [0.15, 0.2) is 5.84 Å². The van der Waals surface area contributed by atoms with Crippen LogP contribution in [0.2, 0.25) is 0 Å². The molecule has 3 N–H and O–H groups in total. The number of likely N-dealkylation sites (N-methyl/N-ethyl adjacent to an activating group) is 1. The van der Waals surface area contributed by atoms with Gasteiger partial charge in [0.2, 0.25) is 0 Å². The van der Waals surface area contributed by atoms with Gasteiger partial charge in [-0.3, -0.25) is 4.90 Å². The smallest absolute Gasteiger partial charge is 0.173 e. The Kier molecular flexibility index (Phi) is 4.79. The summed E-state index contributed by atoms with van der Waals surface area (Å²) in [6.45, 7) is 8.38. The number of nitrogens with zero attached hydrogens (tertiary/aromatic N) is 4. The molecule has 0 spiro atoms. The molecule has 2 rings (SSSR count). The molecule has 6 nitrogen and oxygen atoms in total. The van der Waals surface area contributed by atoms with E-state index in [1.54, 1.807) is 12.3 Å². The number of amidine groups is 1. The molecule has 2 heterocycles. The molecule has 1 unspecified atom stereocenters. The summed E-state index contributed by atoms with van der Waals surface area (Å²) in [4.78, 5) is 9.09. The zero-order valence-electron chi connectivity index (χ0n) is 12.2. The van der Waals surface area contributed by atoms with Gasteiger partial charge in [-0.1, -0.05) is 19.0 Å². The molecule has 1 saturated heterocycles. The second-order valence-corrected chi connectivity index (χ2v) is 4.97. The molecule has 1 aliphatic rings. The molecule has 6 heteroatoms. The average molecular weight is 277 g/mol. The summed E-state index contributed by atoms with van der Waals surface area (Å²) >= 11 is 0. The van der Waals surface area contributed by atoms with E-state index >= 15 is 0 Å². The lowest BCUT2D eigenvalue weighted by molar-refractivity contribution is 0.232. The van der Waals surface area contributed by atoms with Crippen molar-refractivity contribution in [2.24, 2.45) is 10.9 Å². The van der Waals surface area contributed by atoms with E-state index in [2.05, 4.69) is 33.8 Å². The van der Waals surface area contributed by atoms with Crippen molar-refractivity contribution < 1.29 is 5.21 Å². The van der Waals surface area contributed by atoms with Crippen molar-refractivity contribution in [2.45, 2.75) is 26.3 Å². The highest BCUT2D eigenvalue weighted by Crippen LogP contribution is 2.24. The van der Waals surface area contributed by atoms with Crippen molar-refractivity contribution >= 4 is 11.7 Å². The summed E-state index contributed by atoms with van der Waals surface area (Å²) in [5.41, 5.74) is 6.42. The fourth-order valence-corrected chi connectivity index (χ4v) is 2.88. The number of oxime groups is 1. The van der Waals surface area contributed by atoms with Crippen LogP contribution in [0.3, 0.4) is 0 Å². The Bertz CT molecular complexity index is 472. The third kappa shape index (κ3) is 2.85. The molecule has 1 aliphatic heterocycles. The SMILES string of the molecule is CCN(CC)C1CCN(c2ncccc2C(N)=NO)C1. The Morgan fingerprint density at radius 3 is 2.95 bits per heavy atom. The summed E-state index contributed by atoms with van der Waals surface area (Å²) < 4.78 is 0. The molecule has 0 radical (unpaired) electrons. The predicted octanol–water partition coefficient (Wildman–Crippen LogP) is 1.10. The number of nitrogens with two attached hydrogens (primary N) is 1. The Balaban J connectivity index is 2.18. The second-order valence-electron chi connectivity index (χ2n) is 4.97. The van der Waals surface area contributed by atoms with Crippen molar-refractivity contribution in [1.29, 1.82) is 0 Å². The molecule has 0 bridgehead atoms. The quantitative estimate of drug-likeness (QED) is 0.365. The summed E-state index contributed by atoms with van der Waals surface area (Å²) in [6.07, 6.45) is 2.86. The average Bonchev–Trinajstić information content (AvgIpc) is 2.97. The number of pyridine rings is 1. The first-order valence-electron chi connectivity index (χ1n) is 7.13. The molecule has 1 fully saturated rings. The first-order chi connectivity index (χ1) is 9.71. The van der Waals surface area contributed by atoms with E-state index in [9.17, 15) is 0 Å². The van der Waals surface area contributed by atoms with Crippen LogP contribution in [0.25, 0.3) is 0 Å². The first kappa shape index (κ1) is 14.6. The molecule has 110 valence electrons. The molecule has 1 atom stereocenters. The van der Waals surface area contributed by atoms with Crippen molar-refractivity contribution in [2.75, 3.05) is 31.1 Å². The van der Waals surface area contributed by atoms with E-state index in [0.29, 0.717) is 11.6 Å². The lowest BCUT2D eigenvalue weighted by Gasteiger charge is -2.26. The first-order valence-corrected chi connectivity index (χ1v) is 7.13. The Labute approximate surface area is 119 Å². The van der Waals surface area contributed by atoms with Crippen LogP contribution in [0.5, 0.6) is 0 Å². The number of aromatic nitrogens is 1. The molecule has 1 aromatic rings. The topological polar surface area (TPSA) is 78.0 Å². The van der Waals surface area contributed by atoms with Gasteiger partial charge in [-0.25, -0.2) is 4.98 Å². The third-order valence-corrected chi connectivity index (χ3v) is 3.96. The Morgan fingerprint density at radius 2 is 2.30 bits per heavy atom. The summed E-state index contributed by atoms with van der Waals surface area (Å²) in [7, 11) is 0. The molecule has 0 saturated carbocycles. The van der Waals surface area contributed by atoms with E-state index in [4.69, 9.17) is 10.9 Å². The summed E-state index contributed by atoms with van der Waals surface area (Å²) in [5, 5.41) is 12.0. The lowest BCUT2D eigenvalue weighted by Crippen LogP contribution is -2.37. The maximum atomic E-state index is 8.88. The number of rotatable bonds is 5. The van der Waals surface area contributed by atoms with E-state index in [1.807, 2.05) is 6.07 Å². The minimum Gasteiger partial charge on any atom is -0.409 e. The maximum absolute atomic E-state index is 8.88. The standard InChI is InChI=1S/C14H23N5O/c1-3-18(4-2)11-7-9-19(10-11)14-12(13(15)17-20)6-5-8-16-14/h5-6,8,11,20H,3-4,7,9-10H2,1-2H3,(H2,15,17). The second kappa shape index (κ2) is 6.56. The van der Waals surface area contributed by atoms with Gasteiger partial charge in [-0.2, -0.15) is 0 Å². The zero-order chi connectivity index (χ0) is 14.5. The van der Waals surface area contributed by atoms with Crippen LogP contribution in [-0.2, 0) is 0 Å². The van der Waals surface area contributed by atoms with Gasteiger partial charge < -0.3 is 15.8 Å². The lowest BCUT2D eigenvalue weighted by atomic mass is 10.2. The van der Waals surface area contributed by atoms with Gasteiger partial charge in [-0.15, -0.1) is 0 Å². The number of anilines is 1. The fraction of sp³-hybridized carbons (Fsp3) is 0.571. The van der Waals surface area contributed by atoms with Gasteiger partial charge in [0.1, 0.15) is 5.82 Å². The van der Waals surface area contributed by atoms with Crippen LogP contribution in [0.1, 0.15) is 25.8 Å². The third-order valence-electron chi connectivity index (χ3n) is 3.96. The van der Waals surface area contributed by atoms with Crippen LogP contribution in [0.15, 0.2) is 23.5 Å². The van der Waals surface area contributed by atoms with Crippen LogP contribution < -0.4 is 10.6 Å². The summed E-state index contributed by atoms with van der Waals surface area (Å²) in [6, 6.07) is 4.18. The summed E-state index contributed by atoms with van der Waals surface area (Å²) in [5.74, 6) is 0.914. The minimum atomic E-state index is 0.111.